The third-order valence-corrected chi connectivity index (χ3v) is 8.75. The van der Waals surface area contributed by atoms with Gasteiger partial charge in [-0.2, -0.15) is 0 Å². The van der Waals surface area contributed by atoms with Crippen LogP contribution in [0.3, 0.4) is 0 Å². The maximum Gasteiger partial charge on any atom is 0.243 e. The van der Waals surface area contributed by atoms with Crippen molar-refractivity contribution in [3.63, 3.8) is 0 Å². The average molecular weight is 608 g/mol. The second-order valence-corrected chi connectivity index (χ2v) is 11.6. The predicted octanol–water partition coefficient (Wildman–Crippen LogP) is 6.67. The Morgan fingerprint density at radius 3 is 2.16 bits per heavy atom. The molecule has 2 fully saturated rings. The molecular formula is C35H62FN3O4. The summed E-state index contributed by atoms with van der Waals surface area (Å²) in [5.74, 6) is 0.617. The Labute approximate surface area is 261 Å². The van der Waals surface area contributed by atoms with Gasteiger partial charge in [0.2, 0.25) is 11.8 Å². The number of phenols is 1. The zero-order valence-electron chi connectivity index (χ0n) is 28.2. The first-order valence-corrected chi connectivity index (χ1v) is 17.1. The van der Waals surface area contributed by atoms with Crippen molar-refractivity contribution in [2.45, 2.75) is 124 Å². The molecule has 8 heteroatoms. The summed E-state index contributed by atoms with van der Waals surface area (Å²) in [6.07, 6.45) is 6.30. The Hall–Kier alpha value is -2.19. The number of rotatable bonds is 14. The van der Waals surface area contributed by atoms with Gasteiger partial charge >= 0.3 is 0 Å². The Kier molecular flexibility index (Phi) is 20.2. The highest BCUT2D eigenvalue weighted by Crippen LogP contribution is 2.28. The van der Waals surface area contributed by atoms with Crippen molar-refractivity contribution in [3.8, 4) is 5.75 Å². The number of nitrogens with zero attached hydrogens (tertiary/aromatic N) is 1. The molecule has 0 radical (unpaired) electrons. The normalized spacial score (nSPS) is 20.7. The lowest BCUT2D eigenvalue weighted by atomic mass is 9.84. The van der Waals surface area contributed by atoms with Crippen LogP contribution in [0.2, 0.25) is 0 Å². The Balaban J connectivity index is 0.00000221. The molecule has 1 aliphatic heterocycles. The molecule has 2 aliphatic rings. The van der Waals surface area contributed by atoms with Gasteiger partial charge in [-0.15, -0.1) is 0 Å². The molecule has 0 aromatic heterocycles. The van der Waals surface area contributed by atoms with Crippen LogP contribution in [0.5, 0.6) is 5.75 Å². The fraction of sp³-hybridized carbons (Fsp3) is 0.771. The number of nitrogens with one attached hydrogen (secondary N) is 2. The second-order valence-electron chi connectivity index (χ2n) is 11.6. The van der Waals surface area contributed by atoms with Crippen LogP contribution < -0.4 is 10.6 Å². The van der Waals surface area contributed by atoms with Gasteiger partial charge in [0.25, 0.3) is 0 Å². The number of alkyl halides is 1. The van der Waals surface area contributed by atoms with E-state index in [0.29, 0.717) is 57.9 Å². The van der Waals surface area contributed by atoms with Gasteiger partial charge in [-0.1, -0.05) is 53.2 Å². The first-order valence-electron chi connectivity index (χ1n) is 17.1. The summed E-state index contributed by atoms with van der Waals surface area (Å²) in [5, 5.41) is 16.2. The maximum atomic E-state index is 14.0. The molecule has 0 spiro atoms. The highest BCUT2D eigenvalue weighted by molar-refractivity contribution is 5.88. The van der Waals surface area contributed by atoms with E-state index in [-0.39, 0.29) is 35.4 Å². The molecule has 1 heterocycles. The van der Waals surface area contributed by atoms with Gasteiger partial charge in [0.1, 0.15) is 18.0 Å². The summed E-state index contributed by atoms with van der Waals surface area (Å²) in [6, 6.07) is 6.41. The fourth-order valence-electron chi connectivity index (χ4n) is 6.11. The standard InChI is InChI=1S/C31H50FN3O4.2C2H6/c1-4-5-28(22(2)33-3)30(31(38)34-20-24-6-11-26(32)12-7-24)35(21-25-16-18-39-19-17-25)29(37)15-10-23-8-13-27(36)14-9-23;2*1-2/h8-9,13-14,22,24-26,28,30,33,36H,4-7,10-12,15-21H2,1-3H3,(H,34,38);2*1-2H3. The zero-order chi connectivity index (χ0) is 32.2. The third kappa shape index (κ3) is 13.5. The van der Waals surface area contributed by atoms with Crippen molar-refractivity contribution in [3.05, 3.63) is 29.8 Å². The molecule has 3 unspecified atom stereocenters. The molecule has 3 N–H and O–H groups in total. The van der Waals surface area contributed by atoms with Crippen LogP contribution in [0.15, 0.2) is 24.3 Å². The molecule has 7 nitrogen and oxygen atoms in total. The number of aromatic hydroxyl groups is 1. The van der Waals surface area contributed by atoms with E-state index in [2.05, 4.69) is 24.5 Å². The largest absolute Gasteiger partial charge is 0.508 e. The molecule has 2 amide bonds. The van der Waals surface area contributed by atoms with Gasteiger partial charge in [0.15, 0.2) is 0 Å². The SMILES string of the molecule is CC.CC.CCCC(C(C)NC)C(C(=O)NCC1CCC(F)CC1)N(CC1CCOCC1)C(=O)CCc1ccc(O)cc1. The lowest BCUT2D eigenvalue weighted by molar-refractivity contribution is -0.144. The number of ether oxygens (including phenoxy) is 1. The molecular weight excluding hydrogens is 545 g/mol. The van der Waals surface area contributed by atoms with Crippen molar-refractivity contribution in [2.24, 2.45) is 17.8 Å². The number of phenolic OH excluding ortho intramolecular Hbond substituents is 1. The number of hydrogen-bond acceptors (Lipinski definition) is 5. The summed E-state index contributed by atoms with van der Waals surface area (Å²) < 4.78 is 19.3. The smallest absolute Gasteiger partial charge is 0.243 e. The van der Waals surface area contributed by atoms with E-state index in [0.717, 1.165) is 44.1 Å². The Morgan fingerprint density at radius 1 is 1.00 bits per heavy atom. The van der Waals surface area contributed by atoms with Gasteiger partial charge in [0.05, 0.1) is 0 Å². The highest BCUT2D eigenvalue weighted by Gasteiger charge is 2.39. The molecule has 248 valence electrons. The number of hydrogen-bond donors (Lipinski definition) is 3. The highest BCUT2D eigenvalue weighted by atomic mass is 19.1. The summed E-state index contributed by atoms with van der Waals surface area (Å²) in [4.78, 5) is 29.9. The van der Waals surface area contributed by atoms with E-state index in [1.165, 1.54) is 0 Å². The van der Waals surface area contributed by atoms with Gasteiger partial charge < -0.3 is 25.4 Å². The lowest BCUT2D eigenvalue weighted by Crippen LogP contribution is -2.58. The summed E-state index contributed by atoms with van der Waals surface area (Å²) in [5.41, 5.74) is 0.977. The first-order chi connectivity index (χ1) is 20.8. The van der Waals surface area contributed by atoms with Crippen LogP contribution in [0.4, 0.5) is 4.39 Å². The minimum Gasteiger partial charge on any atom is -0.508 e. The number of amides is 2. The van der Waals surface area contributed by atoms with E-state index in [4.69, 9.17) is 4.74 Å². The van der Waals surface area contributed by atoms with Crippen LogP contribution in [0.25, 0.3) is 0 Å². The second kappa shape index (κ2) is 22.3. The first kappa shape index (κ1) is 38.8. The van der Waals surface area contributed by atoms with Crippen LogP contribution in [0, 0.1) is 17.8 Å². The molecule has 1 aromatic rings. The average Bonchev–Trinajstić information content (AvgIpc) is 3.05. The molecule has 1 aliphatic carbocycles. The minimum atomic E-state index is -0.726. The summed E-state index contributed by atoms with van der Waals surface area (Å²) >= 11 is 0. The van der Waals surface area contributed by atoms with E-state index < -0.39 is 12.2 Å². The topological polar surface area (TPSA) is 90.9 Å². The van der Waals surface area contributed by atoms with E-state index in [1.54, 1.807) is 12.1 Å². The van der Waals surface area contributed by atoms with Crippen molar-refractivity contribution in [1.29, 1.82) is 0 Å². The third-order valence-electron chi connectivity index (χ3n) is 8.75. The predicted molar refractivity (Wildman–Crippen MR) is 175 cm³/mol. The van der Waals surface area contributed by atoms with Crippen LogP contribution in [-0.4, -0.2) is 73.4 Å². The zero-order valence-corrected chi connectivity index (χ0v) is 28.2. The lowest BCUT2D eigenvalue weighted by Gasteiger charge is -2.41. The Morgan fingerprint density at radius 2 is 1.60 bits per heavy atom. The van der Waals surface area contributed by atoms with Crippen molar-refractivity contribution < 1.29 is 23.8 Å². The van der Waals surface area contributed by atoms with E-state index in [1.807, 2.05) is 51.8 Å². The molecule has 3 rings (SSSR count). The minimum absolute atomic E-state index is 0.0166. The molecule has 3 atom stereocenters. The molecule has 43 heavy (non-hydrogen) atoms. The number of carbonyl (C=O) groups excluding carboxylic acids is 2. The fourth-order valence-corrected chi connectivity index (χ4v) is 6.11. The van der Waals surface area contributed by atoms with Gasteiger partial charge in [0, 0.05) is 44.7 Å². The number of halogens is 1. The van der Waals surface area contributed by atoms with Crippen LogP contribution in [-0.2, 0) is 20.7 Å². The van der Waals surface area contributed by atoms with Crippen molar-refractivity contribution >= 4 is 11.8 Å². The number of aryl methyl sites for hydroxylation is 1. The number of carbonyl (C=O) groups is 2. The Bertz CT molecular complexity index is 870. The number of benzene rings is 1. The van der Waals surface area contributed by atoms with E-state index in [9.17, 15) is 19.1 Å². The molecule has 1 saturated carbocycles. The van der Waals surface area contributed by atoms with Gasteiger partial charge in [-0.3, -0.25) is 9.59 Å². The molecule has 1 aromatic carbocycles. The van der Waals surface area contributed by atoms with Gasteiger partial charge in [-0.05, 0) is 94.9 Å². The van der Waals surface area contributed by atoms with Crippen LogP contribution in [0.1, 0.15) is 105 Å². The van der Waals surface area contributed by atoms with Gasteiger partial charge in [-0.25, -0.2) is 4.39 Å². The summed E-state index contributed by atoms with van der Waals surface area (Å²) in [6.45, 7) is 14.6. The molecule has 0 bridgehead atoms. The van der Waals surface area contributed by atoms with Crippen molar-refractivity contribution in [2.75, 3.05) is 33.4 Å². The van der Waals surface area contributed by atoms with E-state index >= 15 is 0 Å². The maximum absolute atomic E-state index is 14.0. The quantitative estimate of drug-likeness (QED) is 0.220. The van der Waals surface area contributed by atoms with Crippen LogP contribution >= 0.6 is 0 Å². The van der Waals surface area contributed by atoms with Crippen molar-refractivity contribution in [1.82, 2.24) is 15.5 Å². The monoisotopic (exact) mass is 607 g/mol. The molecule has 1 saturated heterocycles. The summed E-state index contributed by atoms with van der Waals surface area (Å²) in [7, 11) is 1.91.